The summed E-state index contributed by atoms with van der Waals surface area (Å²) in [6, 6.07) is 7.60. The molecule has 5 heteroatoms. The number of hydrogen-bond acceptors (Lipinski definition) is 3. The number of benzene rings is 1. The molecule has 0 bridgehead atoms. The van der Waals surface area contributed by atoms with E-state index in [-0.39, 0.29) is 17.7 Å². The molecule has 0 radical (unpaired) electrons. The predicted molar refractivity (Wildman–Crippen MR) is 77.4 cm³/mol. The predicted octanol–water partition coefficient (Wildman–Crippen LogP) is 1.72. The minimum Gasteiger partial charge on any atom is -0.480 e. The summed E-state index contributed by atoms with van der Waals surface area (Å²) in [5.41, 5.74) is 6.05. The van der Waals surface area contributed by atoms with Gasteiger partial charge in [-0.1, -0.05) is 37.5 Å². The maximum absolute atomic E-state index is 12.1. The highest BCUT2D eigenvalue weighted by molar-refractivity contribution is 5.86. The molecule has 1 atom stereocenters. The first kappa shape index (κ1) is 13.9. The molecule has 5 nitrogen and oxygen atoms in total. The number of fused-ring (bicyclic) bond motifs is 1. The fraction of sp³-hybridized carbons (Fsp3) is 0.500. The van der Waals surface area contributed by atoms with Crippen molar-refractivity contribution in [3.05, 3.63) is 29.8 Å². The van der Waals surface area contributed by atoms with Crippen LogP contribution in [0.2, 0.25) is 0 Å². The monoisotopic (exact) mass is 288 g/mol. The third-order valence-electron chi connectivity index (χ3n) is 4.22. The average Bonchev–Trinajstić information content (AvgIpc) is 2.97. The van der Waals surface area contributed by atoms with Gasteiger partial charge in [0.05, 0.1) is 0 Å². The van der Waals surface area contributed by atoms with Crippen LogP contribution in [0.5, 0.6) is 5.75 Å². The van der Waals surface area contributed by atoms with Crippen LogP contribution in [0, 0.1) is 5.92 Å². The number of carbonyl (C=O) groups excluding carboxylic acids is 2. The highest BCUT2D eigenvalue weighted by Crippen LogP contribution is 2.28. The molecule has 0 unspecified atom stereocenters. The highest BCUT2D eigenvalue weighted by Gasteiger charge is 2.29. The van der Waals surface area contributed by atoms with Crippen molar-refractivity contribution in [3.63, 3.8) is 0 Å². The van der Waals surface area contributed by atoms with Crippen LogP contribution in [0.1, 0.15) is 37.7 Å². The van der Waals surface area contributed by atoms with Crippen LogP contribution in [-0.4, -0.2) is 17.9 Å². The van der Waals surface area contributed by atoms with Gasteiger partial charge in [-0.3, -0.25) is 20.4 Å². The SMILES string of the molecule is O=C(NNC(=O)[C@H]1Cc2ccccc2O1)C1CCCCC1. The topological polar surface area (TPSA) is 67.4 Å². The minimum absolute atomic E-state index is 0.0285. The van der Waals surface area contributed by atoms with Gasteiger partial charge in [-0.2, -0.15) is 0 Å². The lowest BCUT2D eigenvalue weighted by Crippen LogP contribution is -2.49. The van der Waals surface area contributed by atoms with Gasteiger partial charge in [0.1, 0.15) is 5.75 Å². The van der Waals surface area contributed by atoms with E-state index in [0.717, 1.165) is 37.0 Å². The van der Waals surface area contributed by atoms with Crippen LogP contribution < -0.4 is 15.6 Å². The van der Waals surface area contributed by atoms with Crippen LogP contribution >= 0.6 is 0 Å². The van der Waals surface area contributed by atoms with E-state index in [1.165, 1.54) is 6.42 Å². The van der Waals surface area contributed by atoms with Gasteiger partial charge >= 0.3 is 0 Å². The van der Waals surface area contributed by atoms with Gasteiger partial charge in [0, 0.05) is 12.3 Å². The lowest BCUT2D eigenvalue weighted by molar-refractivity contribution is -0.134. The molecule has 2 aliphatic rings. The van der Waals surface area contributed by atoms with Crippen molar-refractivity contribution in [3.8, 4) is 5.75 Å². The third-order valence-corrected chi connectivity index (χ3v) is 4.22. The van der Waals surface area contributed by atoms with Gasteiger partial charge in [0.2, 0.25) is 5.91 Å². The summed E-state index contributed by atoms with van der Waals surface area (Å²) in [6.07, 6.45) is 5.18. The Bertz CT molecular complexity index is 513. The molecule has 1 fully saturated rings. The number of amides is 2. The molecule has 1 aromatic carbocycles. The van der Waals surface area contributed by atoms with E-state index >= 15 is 0 Å². The lowest BCUT2D eigenvalue weighted by atomic mass is 9.89. The van der Waals surface area contributed by atoms with E-state index in [1.807, 2.05) is 24.3 Å². The van der Waals surface area contributed by atoms with Crippen LogP contribution in [0.3, 0.4) is 0 Å². The molecule has 1 aliphatic carbocycles. The molecule has 112 valence electrons. The van der Waals surface area contributed by atoms with E-state index < -0.39 is 6.10 Å². The quantitative estimate of drug-likeness (QED) is 0.814. The normalized spacial score (nSPS) is 21.2. The number of rotatable bonds is 2. The van der Waals surface area contributed by atoms with Crippen molar-refractivity contribution < 1.29 is 14.3 Å². The number of hydrazine groups is 1. The Morgan fingerprint density at radius 1 is 1.00 bits per heavy atom. The second kappa shape index (κ2) is 6.16. The Labute approximate surface area is 124 Å². The molecule has 0 aromatic heterocycles. The fourth-order valence-electron chi connectivity index (χ4n) is 3.00. The van der Waals surface area contributed by atoms with E-state index in [9.17, 15) is 9.59 Å². The number of carbonyl (C=O) groups is 2. The zero-order valence-corrected chi connectivity index (χ0v) is 11.9. The van der Waals surface area contributed by atoms with Crippen molar-refractivity contribution in [2.24, 2.45) is 5.92 Å². The molecule has 0 saturated heterocycles. The van der Waals surface area contributed by atoms with Gasteiger partial charge in [0.15, 0.2) is 6.10 Å². The van der Waals surface area contributed by atoms with Gasteiger partial charge in [-0.05, 0) is 24.5 Å². The maximum Gasteiger partial charge on any atom is 0.279 e. The second-order valence-electron chi connectivity index (χ2n) is 5.73. The largest absolute Gasteiger partial charge is 0.480 e. The maximum atomic E-state index is 12.1. The molecule has 1 heterocycles. The fourth-order valence-corrected chi connectivity index (χ4v) is 3.00. The summed E-state index contributed by atoms with van der Waals surface area (Å²) < 4.78 is 5.58. The summed E-state index contributed by atoms with van der Waals surface area (Å²) in [4.78, 5) is 24.0. The van der Waals surface area contributed by atoms with Crippen LogP contribution in [0.25, 0.3) is 0 Å². The molecule has 3 rings (SSSR count). The lowest BCUT2D eigenvalue weighted by Gasteiger charge is -2.21. The molecule has 0 spiro atoms. The van der Waals surface area contributed by atoms with E-state index in [4.69, 9.17) is 4.74 Å². The Balaban J connectivity index is 1.48. The van der Waals surface area contributed by atoms with E-state index in [1.54, 1.807) is 0 Å². The van der Waals surface area contributed by atoms with Gasteiger partial charge in [-0.25, -0.2) is 0 Å². The molecule has 1 aromatic rings. The van der Waals surface area contributed by atoms with Crippen LogP contribution in [0.4, 0.5) is 0 Å². The zero-order chi connectivity index (χ0) is 14.7. The summed E-state index contributed by atoms with van der Waals surface area (Å²) in [5, 5.41) is 0. The van der Waals surface area contributed by atoms with Crippen molar-refractivity contribution >= 4 is 11.8 Å². The van der Waals surface area contributed by atoms with E-state index in [0.29, 0.717) is 6.42 Å². The molecule has 21 heavy (non-hydrogen) atoms. The highest BCUT2D eigenvalue weighted by atomic mass is 16.5. The summed E-state index contributed by atoms with van der Waals surface area (Å²) >= 11 is 0. The third kappa shape index (κ3) is 3.17. The average molecular weight is 288 g/mol. The number of nitrogens with one attached hydrogen (secondary N) is 2. The minimum atomic E-state index is -0.561. The van der Waals surface area contributed by atoms with Crippen molar-refractivity contribution in [2.75, 3.05) is 0 Å². The molecule has 1 aliphatic heterocycles. The molecular formula is C16H20N2O3. The Hall–Kier alpha value is -2.04. The van der Waals surface area contributed by atoms with Gasteiger partial charge in [-0.15, -0.1) is 0 Å². The Morgan fingerprint density at radius 2 is 1.71 bits per heavy atom. The summed E-state index contributed by atoms with van der Waals surface area (Å²) in [6.45, 7) is 0. The van der Waals surface area contributed by atoms with E-state index in [2.05, 4.69) is 10.9 Å². The van der Waals surface area contributed by atoms with Crippen molar-refractivity contribution in [2.45, 2.75) is 44.6 Å². The number of para-hydroxylation sites is 1. The zero-order valence-electron chi connectivity index (χ0n) is 11.9. The first-order valence-corrected chi connectivity index (χ1v) is 7.58. The number of hydrogen-bond donors (Lipinski definition) is 2. The molecule has 2 N–H and O–H groups in total. The summed E-state index contributed by atoms with van der Waals surface area (Å²) in [7, 11) is 0. The Kier molecular flexibility index (Phi) is 4.08. The summed E-state index contributed by atoms with van der Waals surface area (Å²) in [5.74, 6) is 0.394. The van der Waals surface area contributed by atoms with Gasteiger partial charge in [0.25, 0.3) is 5.91 Å². The standard InChI is InChI=1S/C16H20N2O3/c19-15(11-6-2-1-3-7-11)17-18-16(20)14-10-12-8-4-5-9-13(12)21-14/h4-5,8-9,11,14H,1-3,6-7,10H2,(H,17,19)(H,18,20)/t14-/m1/s1. The van der Waals surface area contributed by atoms with Crippen molar-refractivity contribution in [1.29, 1.82) is 0 Å². The first-order chi connectivity index (χ1) is 10.2. The number of ether oxygens (including phenoxy) is 1. The first-order valence-electron chi connectivity index (χ1n) is 7.58. The molecule has 2 amide bonds. The van der Waals surface area contributed by atoms with Crippen molar-refractivity contribution in [1.82, 2.24) is 10.9 Å². The molecule has 1 saturated carbocycles. The smallest absolute Gasteiger partial charge is 0.279 e. The van der Waals surface area contributed by atoms with Gasteiger partial charge < -0.3 is 4.74 Å². The second-order valence-corrected chi connectivity index (χ2v) is 5.73. The molecular weight excluding hydrogens is 268 g/mol. The van der Waals surface area contributed by atoms with Crippen LogP contribution in [-0.2, 0) is 16.0 Å². The Morgan fingerprint density at radius 3 is 2.48 bits per heavy atom. The van der Waals surface area contributed by atoms with Crippen LogP contribution in [0.15, 0.2) is 24.3 Å².